The summed E-state index contributed by atoms with van der Waals surface area (Å²) >= 11 is 0. The van der Waals surface area contributed by atoms with Crippen molar-refractivity contribution in [2.75, 3.05) is 6.61 Å². The molecule has 0 unspecified atom stereocenters. The molecule has 2 aromatic carbocycles. The van der Waals surface area contributed by atoms with Crippen LogP contribution in [0.25, 0.3) is 0 Å². The van der Waals surface area contributed by atoms with E-state index in [-0.39, 0.29) is 25.1 Å². The largest absolute Gasteiger partial charge is 0.489 e. The maximum Gasteiger partial charge on any atom is 0.119 e. The molecule has 1 atom stereocenters. The lowest BCUT2D eigenvalue weighted by Gasteiger charge is -2.11. The molecule has 0 saturated heterocycles. The molecule has 0 aromatic heterocycles. The van der Waals surface area contributed by atoms with Crippen LogP contribution in [0.15, 0.2) is 54.6 Å². The van der Waals surface area contributed by atoms with Gasteiger partial charge in [-0.2, -0.15) is 0 Å². The zero-order valence-corrected chi connectivity index (χ0v) is 12.1. The van der Waals surface area contributed by atoms with Gasteiger partial charge in [0.15, 0.2) is 0 Å². The maximum atomic E-state index is 8.86. The molecule has 4 heteroatoms. The minimum absolute atomic E-state index is 0. The normalized spacial score (nSPS) is 11.5. The minimum atomic E-state index is -0.117. The van der Waals surface area contributed by atoms with Gasteiger partial charge in [-0.05, 0) is 29.7 Å². The third-order valence-electron chi connectivity index (χ3n) is 3.00. The fourth-order valence-electron chi connectivity index (χ4n) is 1.86. The van der Waals surface area contributed by atoms with Crippen LogP contribution in [0.2, 0.25) is 0 Å². The van der Waals surface area contributed by atoms with Gasteiger partial charge in [0.05, 0.1) is 0 Å². The van der Waals surface area contributed by atoms with Gasteiger partial charge in [0, 0.05) is 12.6 Å². The van der Waals surface area contributed by atoms with Crippen molar-refractivity contribution in [1.29, 1.82) is 0 Å². The van der Waals surface area contributed by atoms with E-state index in [9.17, 15) is 0 Å². The zero-order valence-electron chi connectivity index (χ0n) is 11.2. The van der Waals surface area contributed by atoms with Crippen LogP contribution < -0.4 is 10.5 Å². The Morgan fingerprint density at radius 1 is 1.00 bits per heavy atom. The average Bonchev–Trinajstić information content (AvgIpc) is 2.47. The molecule has 0 aliphatic heterocycles. The minimum Gasteiger partial charge on any atom is -0.489 e. The van der Waals surface area contributed by atoms with Gasteiger partial charge < -0.3 is 15.6 Å². The van der Waals surface area contributed by atoms with E-state index >= 15 is 0 Å². The molecule has 0 amide bonds. The van der Waals surface area contributed by atoms with E-state index in [1.54, 1.807) is 0 Å². The summed E-state index contributed by atoms with van der Waals surface area (Å²) in [6, 6.07) is 17.6. The lowest BCUT2D eigenvalue weighted by molar-refractivity contribution is 0.276. The third kappa shape index (κ3) is 4.85. The van der Waals surface area contributed by atoms with Crippen molar-refractivity contribution in [2.24, 2.45) is 5.73 Å². The standard InChI is InChI=1S/C16H19NO2.ClH/c17-16(10-11-18)14-6-8-15(9-7-14)19-12-13-4-2-1-3-5-13;/h1-9,16,18H,10-12,17H2;1H/t16-;/m0./s1. The molecule has 2 aromatic rings. The summed E-state index contributed by atoms with van der Waals surface area (Å²) in [6.45, 7) is 0.663. The first-order valence-corrected chi connectivity index (χ1v) is 6.42. The van der Waals surface area contributed by atoms with Gasteiger partial charge in [-0.1, -0.05) is 42.5 Å². The molecule has 108 valence electrons. The summed E-state index contributed by atoms with van der Waals surface area (Å²) in [5.74, 6) is 0.823. The van der Waals surface area contributed by atoms with Gasteiger partial charge in [-0.15, -0.1) is 12.4 Å². The molecule has 0 heterocycles. The summed E-state index contributed by atoms with van der Waals surface area (Å²) < 4.78 is 5.70. The highest BCUT2D eigenvalue weighted by molar-refractivity contribution is 5.85. The Balaban J connectivity index is 0.00000200. The quantitative estimate of drug-likeness (QED) is 0.860. The number of aliphatic hydroxyl groups is 1. The smallest absolute Gasteiger partial charge is 0.119 e. The van der Waals surface area contributed by atoms with Gasteiger partial charge in [-0.3, -0.25) is 0 Å². The molecule has 0 radical (unpaired) electrons. The molecule has 0 spiro atoms. The number of aliphatic hydroxyl groups excluding tert-OH is 1. The van der Waals surface area contributed by atoms with Crippen molar-refractivity contribution in [3.63, 3.8) is 0 Å². The summed E-state index contributed by atoms with van der Waals surface area (Å²) in [7, 11) is 0. The number of nitrogens with two attached hydrogens (primary N) is 1. The predicted molar refractivity (Wildman–Crippen MR) is 83.1 cm³/mol. The first kappa shape index (κ1) is 16.5. The molecule has 3 N–H and O–H groups in total. The highest BCUT2D eigenvalue weighted by atomic mass is 35.5. The van der Waals surface area contributed by atoms with Crippen LogP contribution >= 0.6 is 12.4 Å². The Morgan fingerprint density at radius 3 is 2.25 bits per heavy atom. The number of rotatable bonds is 6. The van der Waals surface area contributed by atoms with Gasteiger partial charge in [0.2, 0.25) is 0 Å². The van der Waals surface area contributed by atoms with E-state index in [0.29, 0.717) is 13.0 Å². The first-order valence-electron chi connectivity index (χ1n) is 6.42. The van der Waals surface area contributed by atoms with E-state index in [4.69, 9.17) is 15.6 Å². The van der Waals surface area contributed by atoms with E-state index < -0.39 is 0 Å². The fraction of sp³-hybridized carbons (Fsp3) is 0.250. The predicted octanol–water partition coefficient (Wildman–Crippen LogP) is 3.07. The Labute approximate surface area is 125 Å². The number of hydrogen-bond donors (Lipinski definition) is 2. The zero-order chi connectivity index (χ0) is 13.5. The Bertz CT molecular complexity index is 488. The van der Waals surface area contributed by atoms with Crippen molar-refractivity contribution in [1.82, 2.24) is 0 Å². The number of ether oxygens (including phenoxy) is 1. The van der Waals surface area contributed by atoms with Crippen LogP contribution in [-0.2, 0) is 6.61 Å². The Morgan fingerprint density at radius 2 is 1.65 bits per heavy atom. The highest BCUT2D eigenvalue weighted by Gasteiger charge is 2.05. The van der Waals surface area contributed by atoms with Crippen molar-refractivity contribution < 1.29 is 9.84 Å². The van der Waals surface area contributed by atoms with Crippen molar-refractivity contribution in [3.05, 3.63) is 65.7 Å². The van der Waals surface area contributed by atoms with Gasteiger partial charge in [-0.25, -0.2) is 0 Å². The molecular weight excluding hydrogens is 274 g/mol. The third-order valence-corrected chi connectivity index (χ3v) is 3.00. The Hall–Kier alpha value is -1.55. The summed E-state index contributed by atoms with van der Waals surface area (Å²) in [5, 5.41) is 8.86. The second-order valence-electron chi connectivity index (χ2n) is 4.46. The summed E-state index contributed by atoms with van der Waals surface area (Å²) in [4.78, 5) is 0. The maximum absolute atomic E-state index is 8.86. The Kier molecular flexibility index (Phi) is 7.09. The molecule has 3 nitrogen and oxygen atoms in total. The highest BCUT2D eigenvalue weighted by Crippen LogP contribution is 2.19. The second-order valence-corrected chi connectivity index (χ2v) is 4.46. The molecule has 0 aliphatic rings. The lowest BCUT2D eigenvalue weighted by atomic mass is 10.1. The molecular formula is C16H20ClNO2. The van der Waals surface area contributed by atoms with Crippen LogP contribution in [0.1, 0.15) is 23.6 Å². The van der Waals surface area contributed by atoms with Gasteiger partial charge in [0.1, 0.15) is 12.4 Å². The van der Waals surface area contributed by atoms with Gasteiger partial charge >= 0.3 is 0 Å². The molecule has 2 rings (SSSR count). The van der Waals surface area contributed by atoms with Gasteiger partial charge in [0.25, 0.3) is 0 Å². The SMILES string of the molecule is Cl.N[C@@H](CCO)c1ccc(OCc2ccccc2)cc1. The fourth-order valence-corrected chi connectivity index (χ4v) is 1.86. The first-order chi connectivity index (χ1) is 9.29. The van der Waals surface area contributed by atoms with E-state index in [1.807, 2.05) is 54.6 Å². The monoisotopic (exact) mass is 293 g/mol. The molecule has 0 bridgehead atoms. The van der Waals surface area contributed by atoms with E-state index in [2.05, 4.69) is 0 Å². The van der Waals surface area contributed by atoms with E-state index in [1.165, 1.54) is 0 Å². The van der Waals surface area contributed by atoms with Crippen LogP contribution in [0, 0.1) is 0 Å². The van der Waals surface area contributed by atoms with Crippen LogP contribution in [-0.4, -0.2) is 11.7 Å². The average molecular weight is 294 g/mol. The van der Waals surface area contributed by atoms with Crippen LogP contribution in [0.3, 0.4) is 0 Å². The number of hydrogen-bond acceptors (Lipinski definition) is 3. The lowest BCUT2D eigenvalue weighted by Crippen LogP contribution is -2.11. The second kappa shape index (κ2) is 8.59. The van der Waals surface area contributed by atoms with Crippen molar-refractivity contribution in [2.45, 2.75) is 19.1 Å². The topological polar surface area (TPSA) is 55.5 Å². The number of benzene rings is 2. The number of halogens is 1. The summed E-state index contributed by atoms with van der Waals surface area (Å²) in [5.41, 5.74) is 8.08. The van der Waals surface area contributed by atoms with Crippen molar-refractivity contribution in [3.8, 4) is 5.75 Å². The summed E-state index contributed by atoms with van der Waals surface area (Å²) in [6.07, 6.45) is 0.574. The van der Waals surface area contributed by atoms with Crippen LogP contribution in [0.5, 0.6) is 5.75 Å². The molecule has 0 fully saturated rings. The van der Waals surface area contributed by atoms with E-state index in [0.717, 1.165) is 16.9 Å². The molecule has 0 saturated carbocycles. The van der Waals surface area contributed by atoms with Crippen LogP contribution in [0.4, 0.5) is 0 Å². The van der Waals surface area contributed by atoms with Crippen molar-refractivity contribution >= 4 is 12.4 Å². The molecule has 20 heavy (non-hydrogen) atoms. The molecule has 0 aliphatic carbocycles.